The van der Waals surface area contributed by atoms with Gasteiger partial charge in [0.05, 0.1) is 13.2 Å². The molecular weight excluding hydrogens is 202 g/mol. The Morgan fingerprint density at radius 3 is 3.00 bits per heavy atom. The molecule has 5 heteroatoms. The van der Waals surface area contributed by atoms with Gasteiger partial charge in [0.2, 0.25) is 0 Å². The third kappa shape index (κ3) is 3.76. The second-order valence-corrected chi connectivity index (χ2v) is 4.10. The molecule has 0 unspecified atom stereocenters. The first kappa shape index (κ1) is 11.0. The van der Waals surface area contributed by atoms with Crippen molar-refractivity contribution in [2.75, 3.05) is 13.2 Å². The minimum Gasteiger partial charge on any atom is -0.447 e. The second-order valence-electron chi connectivity index (χ2n) is 2.73. The smallest absolute Gasteiger partial charge is 0.407 e. The van der Waals surface area contributed by atoms with Crippen LogP contribution in [0.4, 0.5) is 4.79 Å². The van der Waals surface area contributed by atoms with Crippen molar-refractivity contribution in [3.05, 3.63) is 21.9 Å². The van der Waals surface area contributed by atoms with Crippen molar-refractivity contribution in [1.29, 1.82) is 0 Å². The molecule has 0 fully saturated rings. The van der Waals surface area contributed by atoms with Crippen LogP contribution in [0.1, 0.15) is 9.75 Å². The van der Waals surface area contributed by atoms with E-state index in [2.05, 4.69) is 10.1 Å². The number of aryl methyl sites for hydroxylation is 1. The predicted molar refractivity (Wildman–Crippen MR) is 54.3 cm³/mol. The van der Waals surface area contributed by atoms with E-state index in [4.69, 9.17) is 5.11 Å². The fourth-order valence-corrected chi connectivity index (χ4v) is 1.76. The molecule has 0 aliphatic rings. The van der Waals surface area contributed by atoms with Gasteiger partial charge in [0, 0.05) is 9.75 Å². The fraction of sp³-hybridized carbons (Fsp3) is 0.444. The molecule has 1 amide bonds. The highest BCUT2D eigenvalue weighted by molar-refractivity contribution is 7.11. The molecule has 1 rings (SSSR count). The largest absolute Gasteiger partial charge is 0.447 e. The van der Waals surface area contributed by atoms with Gasteiger partial charge in [-0.15, -0.1) is 11.3 Å². The summed E-state index contributed by atoms with van der Waals surface area (Å²) >= 11 is 1.63. The summed E-state index contributed by atoms with van der Waals surface area (Å²) in [6, 6.07) is 3.97. The standard InChI is InChI=1S/C9H13NO3S/c1-7-2-3-8(14-7)6-10-9(12)13-5-4-11/h2-3,11H,4-6H2,1H3,(H,10,12). The first-order valence-electron chi connectivity index (χ1n) is 4.29. The van der Waals surface area contributed by atoms with E-state index in [1.807, 2.05) is 19.1 Å². The molecule has 0 radical (unpaired) electrons. The molecule has 0 spiro atoms. The van der Waals surface area contributed by atoms with Gasteiger partial charge >= 0.3 is 6.09 Å². The van der Waals surface area contributed by atoms with Crippen LogP contribution in [0.5, 0.6) is 0 Å². The quantitative estimate of drug-likeness (QED) is 0.795. The molecule has 4 nitrogen and oxygen atoms in total. The number of thiophene rings is 1. The SMILES string of the molecule is Cc1ccc(CNC(=O)OCCO)s1. The number of aliphatic hydroxyl groups is 1. The Morgan fingerprint density at radius 1 is 1.64 bits per heavy atom. The molecule has 0 aromatic carbocycles. The molecule has 14 heavy (non-hydrogen) atoms. The number of amides is 1. The monoisotopic (exact) mass is 215 g/mol. The van der Waals surface area contributed by atoms with Crippen molar-refractivity contribution in [3.8, 4) is 0 Å². The van der Waals surface area contributed by atoms with Crippen LogP contribution in [-0.2, 0) is 11.3 Å². The van der Waals surface area contributed by atoms with Gasteiger partial charge in [-0.2, -0.15) is 0 Å². The van der Waals surface area contributed by atoms with Crippen molar-refractivity contribution in [2.45, 2.75) is 13.5 Å². The molecule has 0 atom stereocenters. The normalized spacial score (nSPS) is 9.86. The number of alkyl carbamates (subject to hydrolysis) is 1. The van der Waals surface area contributed by atoms with Crippen molar-refractivity contribution >= 4 is 17.4 Å². The van der Waals surface area contributed by atoms with E-state index in [-0.39, 0.29) is 13.2 Å². The van der Waals surface area contributed by atoms with E-state index in [1.165, 1.54) is 4.88 Å². The Kier molecular flexibility index (Phi) is 4.42. The van der Waals surface area contributed by atoms with Gasteiger partial charge in [0.25, 0.3) is 0 Å². The molecule has 0 saturated heterocycles. The molecule has 1 aromatic heterocycles. The summed E-state index contributed by atoms with van der Waals surface area (Å²) in [5, 5.41) is 11.0. The third-order valence-corrected chi connectivity index (χ3v) is 2.53. The van der Waals surface area contributed by atoms with Crippen molar-refractivity contribution in [2.24, 2.45) is 0 Å². The van der Waals surface area contributed by atoms with Crippen LogP contribution in [0, 0.1) is 6.92 Å². The van der Waals surface area contributed by atoms with Gasteiger partial charge in [-0.3, -0.25) is 0 Å². The Balaban J connectivity index is 2.23. The number of aliphatic hydroxyl groups excluding tert-OH is 1. The van der Waals surface area contributed by atoms with Gasteiger partial charge in [-0.1, -0.05) is 0 Å². The number of carbonyl (C=O) groups is 1. The van der Waals surface area contributed by atoms with E-state index in [9.17, 15) is 4.79 Å². The first-order chi connectivity index (χ1) is 6.72. The zero-order valence-electron chi connectivity index (χ0n) is 7.95. The van der Waals surface area contributed by atoms with Crippen LogP contribution >= 0.6 is 11.3 Å². The van der Waals surface area contributed by atoms with Crippen molar-refractivity contribution < 1.29 is 14.6 Å². The molecule has 78 valence electrons. The van der Waals surface area contributed by atoms with E-state index in [1.54, 1.807) is 11.3 Å². The van der Waals surface area contributed by atoms with E-state index in [0.29, 0.717) is 6.54 Å². The summed E-state index contributed by atoms with van der Waals surface area (Å²) in [5.41, 5.74) is 0. The van der Waals surface area contributed by atoms with Gasteiger partial charge in [-0.25, -0.2) is 4.79 Å². The lowest BCUT2D eigenvalue weighted by Crippen LogP contribution is -2.24. The summed E-state index contributed by atoms with van der Waals surface area (Å²) in [6.07, 6.45) is -0.495. The van der Waals surface area contributed by atoms with Crippen LogP contribution in [0.2, 0.25) is 0 Å². The fourth-order valence-electron chi connectivity index (χ4n) is 0.929. The third-order valence-electron chi connectivity index (χ3n) is 1.53. The summed E-state index contributed by atoms with van der Waals surface area (Å²) in [6.45, 7) is 2.38. The maximum Gasteiger partial charge on any atom is 0.407 e. The van der Waals surface area contributed by atoms with E-state index in [0.717, 1.165) is 4.88 Å². The highest BCUT2D eigenvalue weighted by Crippen LogP contribution is 2.14. The van der Waals surface area contributed by atoms with Gasteiger partial charge in [0.1, 0.15) is 6.61 Å². The minimum atomic E-state index is -0.495. The lowest BCUT2D eigenvalue weighted by molar-refractivity contribution is 0.119. The topological polar surface area (TPSA) is 58.6 Å². The number of rotatable bonds is 4. The summed E-state index contributed by atoms with van der Waals surface area (Å²) in [7, 11) is 0. The maximum atomic E-state index is 10.9. The predicted octanol–water partition coefficient (Wildman–Crippen LogP) is 1.28. The number of nitrogens with one attached hydrogen (secondary N) is 1. The summed E-state index contributed by atoms with van der Waals surface area (Å²) in [5.74, 6) is 0. The number of hydrogen-bond acceptors (Lipinski definition) is 4. The molecule has 0 aliphatic carbocycles. The lowest BCUT2D eigenvalue weighted by atomic mass is 10.4. The molecule has 0 bridgehead atoms. The highest BCUT2D eigenvalue weighted by Gasteiger charge is 2.02. The van der Waals surface area contributed by atoms with Crippen molar-refractivity contribution in [3.63, 3.8) is 0 Å². The number of carbonyl (C=O) groups excluding carboxylic acids is 1. The van der Waals surface area contributed by atoms with Crippen LogP contribution < -0.4 is 5.32 Å². The van der Waals surface area contributed by atoms with Gasteiger partial charge in [0.15, 0.2) is 0 Å². The van der Waals surface area contributed by atoms with Gasteiger partial charge < -0.3 is 15.2 Å². The number of hydrogen-bond donors (Lipinski definition) is 2. The average molecular weight is 215 g/mol. The van der Waals surface area contributed by atoms with Crippen LogP contribution in [-0.4, -0.2) is 24.4 Å². The molecule has 1 heterocycles. The average Bonchev–Trinajstić information content (AvgIpc) is 2.58. The Hall–Kier alpha value is -1.07. The maximum absolute atomic E-state index is 10.9. The van der Waals surface area contributed by atoms with Crippen LogP contribution in [0.15, 0.2) is 12.1 Å². The van der Waals surface area contributed by atoms with Crippen LogP contribution in [0.25, 0.3) is 0 Å². The molecule has 1 aromatic rings. The minimum absolute atomic E-state index is 0.0370. The Bertz CT molecular complexity index is 298. The summed E-state index contributed by atoms with van der Waals surface area (Å²) in [4.78, 5) is 13.2. The van der Waals surface area contributed by atoms with E-state index < -0.39 is 6.09 Å². The zero-order valence-corrected chi connectivity index (χ0v) is 8.76. The zero-order chi connectivity index (χ0) is 10.4. The lowest BCUT2D eigenvalue weighted by Gasteiger charge is -2.03. The first-order valence-corrected chi connectivity index (χ1v) is 5.11. The Morgan fingerprint density at radius 2 is 2.43 bits per heavy atom. The molecule has 2 N–H and O–H groups in total. The molecule has 0 aliphatic heterocycles. The second kappa shape index (κ2) is 5.62. The summed E-state index contributed by atoms with van der Waals surface area (Å²) < 4.78 is 4.62. The molecular formula is C9H13NO3S. The number of ether oxygens (including phenoxy) is 1. The highest BCUT2D eigenvalue weighted by atomic mass is 32.1. The van der Waals surface area contributed by atoms with Crippen molar-refractivity contribution in [1.82, 2.24) is 5.32 Å². The van der Waals surface area contributed by atoms with Gasteiger partial charge in [-0.05, 0) is 19.1 Å². The molecule has 0 saturated carbocycles. The van der Waals surface area contributed by atoms with Crippen LogP contribution in [0.3, 0.4) is 0 Å². The Labute approximate surface area is 86.5 Å². The van der Waals surface area contributed by atoms with E-state index >= 15 is 0 Å².